The molecule has 1 aliphatic heterocycles. The van der Waals surface area contributed by atoms with Crippen molar-refractivity contribution in [3.8, 4) is 6.07 Å². The summed E-state index contributed by atoms with van der Waals surface area (Å²) in [5, 5.41) is 8.63. The second kappa shape index (κ2) is 7.04. The SMILES string of the molecule is CC(C#N)OC(=O)c1ccc(F)c(S(=O)(=O)N2CCOCC2)c1. The molecule has 2 rings (SSSR count). The van der Waals surface area contributed by atoms with Gasteiger partial charge in [-0.15, -0.1) is 0 Å². The molecule has 23 heavy (non-hydrogen) atoms. The Hall–Kier alpha value is -2.02. The first-order valence-corrected chi connectivity index (χ1v) is 8.28. The summed E-state index contributed by atoms with van der Waals surface area (Å²) in [4.78, 5) is 11.3. The van der Waals surface area contributed by atoms with E-state index < -0.39 is 32.8 Å². The number of hydrogen-bond acceptors (Lipinski definition) is 6. The van der Waals surface area contributed by atoms with Gasteiger partial charge in [-0.3, -0.25) is 0 Å². The Balaban J connectivity index is 2.33. The smallest absolute Gasteiger partial charge is 0.339 e. The van der Waals surface area contributed by atoms with E-state index in [1.165, 1.54) is 6.92 Å². The summed E-state index contributed by atoms with van der Waals surface area (Å²) in [6.07, 6.45) is -0.994. The molecule has 0 spiro atoms. The van der Waals surface area contributed by atoms with Crippen LogP contribution >= 0.6 is 0 Å². The number of halogens is 1. The summed E-state index contributed by atoms with van der Waals surface area (Å²) in [6.45, 7) is 2.04. The minimum absolute atomic E-state index is 0.113. The van der Waals surface area contributed by atoms with Crippen molar-refractivity contribution >= 4 is 16.0 Å². The third-order valence-corrected chi connectivity index (χ3v) is 5.13. The molecule has 0 aromatic heterocycles. The van der Waals surface area contributed by atoms with Gasteiger partial charge in [0.15, 0.2) is 6.10 Å². The Kier molecular flexibility index (Phi) is 5.30. The highest BCUT2D eigenvalue weighted by Crippen LogP contribution is 2.22. The maximum atomic E-state index is 14.0. The lowest BCUT2D eigenvalue weighted by Gasteiger charge is -2.26. The van der Waals surface area contributed by atoms with Crippen molar-refractivity contribution in [3.63, 3.8) is 0 Å². The van der Waals surface area contributed by atoms with Crippen LogP contribution in [0.5, 0.6) is 0 Å². The minimum atomic E-state index is -4.08. The molecule has 124 valence electrons. The van der Waals surface area contributed by atoms with Crippen LogP contribution in [0.1, 0.15) is 17.3 Å². The van der Waals surface area contributed by atoms with Crippen molar-refractivity contribution < 1.29 is 27.1 Å². The summed E-state index contributed by atoms with van der Waals surface area (Å²) in [5.74, 6) is -1.85. The monoisotopic (exact) mass is 342 g/mol. The van der Waals surface area contributed by atoms with Crippen LogP contribution in [0, 0.1) is 17.1 Å². The summed E-state index contributed by atoms with van der Waals surface area (Å²) in [5.41, 5.74) is -0.139. The third kappa shape index (κ3) is 3.85. The van der Waals surface area contributed by atoms with Gasteiger partial charge in [-0.1, -0.05) is 0 Å². The summed E-state index contributed by atoms with van der Waals surface area (Å²) < 4.78 is 49.9. The van der Waals surface area contributed by atoms with Gasteiger partial charge in [0.05, 0.1) is 18.8 Å². The van der Waals surface area contributed by atoms with Gasteiger partial charge >= 0.3 is 5.97 Å². The number of nitrogens with zero attached hydrogens (tertiary/aromatic N) is 2. The quantitative estimate of drug-likeness (QED) is 0.755. The van der Waals surface area contributed by atoms with E-state index in [9.17, 15) is 17.6 Å². The average Bonchev–Trinajstić information content (AvgIpc) is 2.55. The fourth-order valence-corrected chi connectivity index (χ4v) is 3.51. The lowest BCUT2D eigenvalue weighted by molar-refractivity contribution is 0.0435. The van der Waals surface area contributed by atoms with E-state index in [-0.39, 0.29) is 31.9 Å². The number of benzene rings is 1. The van der Waals surface area contributed by atoms with Crippen LogP contribution < -0.4 is 0 Å². The molecule has 0 radical (unpaired) electrons. The zero-order valence-corrected chi connectivity index (χ0v) is 13.2. The van der Waals surface area contributed by atoms with Crippen molar-refractivity contribution in [2.24, 2.45) is 0 Å². The predicted molar refractivity (Wildman–Crippen MR) is 76.5 cm³/mol. The molecule has 1 aromatic carbocycles. The van der Waals surface area contributed by atoms with Crippen molar-refractivity contribution in [2.45, 2.75) is 17.9 Å². The van der Waals surface area contributed by atoms with Crippen LogP contribution in [-0.4, -0.2) is 51.1 Å². The van der Waals surface area contributed by atoms with Crippen LogP contribution in [0.2, 0.25) is 0 Å². The Morgan fingerprint density at radius 3 is 2.70 bits per heavy atom. The number of rotatable bonds is 4. The summed E-state index contributed by atoms with van der Waals surface area (Å²) in [6, 6.07) is 4.64. The number of nitriles is 1. The number of ether oxygens (including phenoxy) is 2. The molecule has 0 saturated carbocycles. The van der Waals surface area contributed by atoms with Gasteiger partial charge in [0, 0.05) is 13.1 Å². The molecular formula is C14H15FN2O5S. The Labute approximate surface area is 133 Å². The zero-order valence-electron chi connectivity index (χ0n) is 12.4. The van der Waals surface area contributed by atoms with E-state index in [1.807, 2.05) is 0 Å². The van der Waals surface area contributed by atoms with E-state index >= 15 is 0 Å². The number of hydrogen-bond donors (Lipinski definition) is 0. The van der Waals surface area contributed by atoms with Gasteiger partial charge < -0.3 is 9.47 Å². The lowest BCUT2D eigenvalue weighted by atomic mass is 10.2. The van der Waals surface area contributed by atoms with E-state index in [0.29, 0.717) is 0 Å². The van der Waals surface area contributed by atoms with Crippen molar-refractivity contribution in [1.82, 2.24) is 4.31 Å². The first-order valence-electron chi connectivity index (χ1n) is 6.84. The van der Waals surface area contributed by atoms with Crippen molar-refractivity contribution in [2.75, 3.05) is 26.3 Å². The number of morpholine rings is 1. The number of carbonyl (C=O) groups is 1. The van der Waals surface area contributed by atoms with Crippen LogP contribution in [0.3, 0.4) is 0 Å². The summed E-state index contributed by atoms with van der Waals surface area (Å²) in [7, 11) is -4.08. The number of carbonyl (C=O) groups excluding carboxylic acids is 1. The maximum absolute atomic E-state index is 14.0. The molecule has 9 heteroatoms. The van der Waals surface area contributed by atoms with Gasteiger partial charge in [0.2, 0.25) is 10.0 Å². The van der Waals surface area contributed by atoms with Crippen molar-refractivity contribution in [1.29, 1.82) is 5.26 Å². The standard InChI is InChI=1S/C14H15FN2O5S/c1-10(9-16)22-14(18)11-2-3-12(15)13(8-11)23(19,20)17-4-6-21-7-5-17/h2-3,8,10H,4-7H2,1H3. The molecule has 1 saturated heterocycles. The largest absolute Gasteiger partial charge is 0.444 e. The fraction of sp³-hybridized carbons (Fsp3) is 0.429. The molecule has 0 N–H and O–H groups in total. The van der Waals surface area contributed by atoms with Crippen LogP contribution in [0.15, 0.2) is 23.1 Å². The van der Waals surface area contributed by atoms with Gasteiger partial charge in [0.1, 0.15) is 16.8 Å². The molecule has 0 amide bonds. The van der Waals surface area contributed by atoms with Crippen molar-refractivity contribution in [3.05, 3.63) is 29.6 Å². The highest BCUT2D eigenvalue weighted by molar-refractivity contribution is 7.89. The first-order chi connectivity index (χ1) is 10.9. The Morgan fingerprint density at radius 2 is 2.09 bits per heavy atom. The molecule has 0 bridgehead atoms. The van der Waals surface area contributed by atoms with E-state index in [0.717, 1.165) is 22.5 Å². The molecule has 1 atom stereocenters. The Bertz CT molecular complexity index is 738. The third-order valence-electron chi connectivity index (χ3n) is 3.22. The molecule has 0 aliphatic carbocycles. The van der Waals surface area contributed by atoms with E-state index in [2.05, 4.69) is 0 Å². The van der Waals surface area contributed by atoms with Gasteiger partial charge in [-0.2, -0.15) is 9.57 Å². The minimum Gasteiger partial charge on any atom is -0.444 e. The molecule has 1 heterocycles. The van der Waals surface area contributed by atoms with Gasteiger partial charge in [0.25, 0.3) is 0 Å². The Morgan fingerprint density at radius 1 is 1.43 bits per heavy atom. The number of sulfonamides is 1. The van der Waals surface area contributed by atoms with Gasteiger partial charge in [-0.05, 0) is 25.1 Å². The highest BCUT2D eigenvalue weighted by Gasteiger charge is 2.30. The van der Waals surface area contributed by atoms with Crippen LogP contribution in [0.25, 0.3) is 0 Å². The normalized spacial score (nSPS) is 17.3. The number of esters is 1. The molecule has 1 aliphatic rings. The zero-order chi connectivity index (χ0) is 17.0. The highest BCUT2D eigenvalue weighted by atomic mass is 32.2. The van der Waals surface area contributed by atoms with Crippen LogP contribution in [0.4, 0.5) is 4.39 Å². The molecule has 1 unspecified atom stereocenters. The topological polar surface area (TPSA) is 96.7 Å². The molecular weight excluding hydrogens is 327 g/mol. The molecule has 1 fully saturated rings. The second-order valence-electron chi connectivity index (χ2n) is 4.84. The predicted octanol–water partition coefficient (Wildman–Crippen LogP) is 0.915. The fourth-order valence-electron chi connectivity index (χ4n) is 2.01. The van der Waals surface area contributed by atoms with Crippen LogP contribution in [-0.2, 0) is 19.5 Å². The lowest BCUT2D eigenvalue weighted by Crippen LogP contribution is -2.41. The summed E-state index contributed by atoms with van der Waals surface area (Å²) >= 11 is 0. The molecule has 1 aromatic rings. The van der Waals surface area contributed by atoms with E-state index in [4.69, 9.17) is 14.7 Å². The second-order valence-corrected chi connectivity index (χ2v) is 6.74. The first kappa shape index (κ1) is 17.3. The van der Waals surface area contributed by atoms with Gasteiger partial charge in [-0.25, -0.2) is 17.6 Å². The maximum Gasteiger partial charge on any atom is 0.339 e. The van der Waals surface area contributed by atoms with E-state index in [1.54, 1.807) is 6.07 Å². The molecule has 7 nitrogen and oxygen atoms in total. The average molecular weight is 342 g/mol.